The molecular weight excluding hydrogens is 437 g/mol. The fourth-order valence-corrected chi connectivity index (χ4v) is 5.20. The molecule has 2 aliphatic rings. The Morgan fingerprint density at radius 1 is 1.12 bits per heavy atom. The summed E-state index contributed by atoms with van der Waals surface area (Å²) in [7, 11) is 0. The summed E-state index contributed by atoms with van der Waals surface area (Å²) >= 11 is 6.17. The van der Waals surface area contributed by atoms with Gasteiger partial charge in [-0.1, -0.05) is 29.8 Å². The van der Waals surface area contributed by atoms with Gasteiger partial charge in [0.25, 0.3) is 0 Å². The second kappa shape index (κ2) is 9.09. The van der Waals surface area contributed by atoms with Gasteiger partial charge in [-0.15, -0.1) is 10.2 Å². The van der Waals surface area contributed by atoms with Crippen molar-refractivity contribution in [2.24, 2.45) is 11.3 Å². The lowest BCUT2D eigenvalue weighted by molar-refractivity contribution is 0.157. The van der Waals surface area contributed by atoms with Gasteiger partial charge in [0.15, 0.2) is 0 Å². The Balaban J connectivity index is 1.12. The van der Waals surface area contributed by atoms with Crippen LogP contribution in [0.3, 0.4) is 0 Å². The van der Waals surface area contributed by atoms with E-state index in [-0.39, 0.29) is 5.82 Å². The SMILES string of the molecule is N#Cc1ccccc1CN1CCC2(CC1)CC2CNc1ccc(-c2cc(F)ccc2Cl)nn1. The maximum absolute atomic E-state index is 13.5. The quantitative estimate of drug-likeness (QED) is 0.523. The zero-order chi connectivity index (χ0) is 22.8. The lowest BCUT2D eigenvalue weighted by atomic mass is 9.90. The Labute approximate surface area is 198 Å². The van der Waals surface area contributed by atoms with Crippen LogP contribution in [0.25, 0.3) is 11.3 Å². The molecule has 1 aliphatic heterocycles. The summed E-state index contributed by atoms with van der Waals surface area (Å²) in [5.41, 5.74) is 3.42. The predicted molar refractivity (Wildman–Crippen MR) is 127 cm³/mol. The Kier molecular flexibility index (Phi) is 6.01. The van der Waals surface area contributed by atoms with Crippen molar-refractivity contribution < 1.29 is 4.39 Å². The van der Waals surface area contributed by atoms with Crippen LogP contribution in [-0.4, -0.2) is 34.7 Å². The molecule has 1 unspecified atom stereocenters. The van der Waals surface area contributed by atoms with Gasteiger partial charge in [0.2, 0.25) is 0 Å². The second-order valence-electron chi connectivity index (χ2n) is 9.12. The average molecular weight is 462 g/mol. The van der Waals surface area contributed by atoms with Gasteiger partial charge in [-0.25, -0.2) is 4.39 Å². The minimum atomic E-state index is -0.349. The number of piperidine rings is 1. The Bertz CT molecular complexity index is 1180. The normalized spacial score (nSPS) is 19.2. The molecule has 2 aromatic carbocycles. The first-order valence-electron chi connectivity index (χ1n) is 11.3. The van der Waals surface area contributed by atoms with E-state index in [4.69, 9.17) is 11.6 Å². The van der Waals surface area contributed by atoms with Crippen molar-refractivity contribution in [1.82, 2.24) is 15.1 Å². The molecule has 33 heavy (non-hydrogen) atoms. The third-order valence-electron chi connectivity index (χ3n) is 7.14. The number of hydrogen-bond donors (Lipinski definition) is 1. The van der Waals surface area contributed by atoms with Crippen molar-refractivity contribution in [2.75, 3.05) is 25.0 Å². The first-order chi connectivity index (χ1) is 16.1. The highest BCUT2D eigenvalue weighted by atomic mass is 35.5. The summed E-state index contributed by atoms with van der Waals surface area (Å²) in [5.74, 6) is 1.02. The molecule has 168 valence electrons. The van der Waals surface area contributed by atoms with Crippen molar-refractivity contribution in [3.05, 3.63) is 76.6 Å². The first-order valence-corrected chi connectivity index (χ1v) is 11.7. The fourth-order valence-electron chi connectivity index (χ4n) is 4.99. The van der Waals surface area contributed by atoms with Crippen LogP contribution in [0.15, 0.2) is 54.6 Å². The van der Waals surface area contributed by atoms with Gasteiger partial charge < -0.3 is 5.32 Å². The lowest BCUT2D eigenvalue weighted by Crippen LogP contribution is -2.35. The molecule has 1 aromatic heterocycles. The Hall–Kier alpha value is -3.01. The Morgan fingerprint density at radius 3 is 2.70 bits per heavy atom. The number of rotatable bonds is 6. The van der Waals surface area contributed by atoms with Gasteiger partial charge in [0, 0.05) is 18.7 Å². The van der Waals surface area contributed by atoms with Gasteiger partial charge in [-0.05, 0) is 85.6 Å². The molecule has 1 N–H and O–H groups in total. The number of anilines is 1. The number of nitriles is 1. The predicted octanol–water partition coefficient (Wildman–Crippen LogP) is 5.52. The monoisotopic (exact) mass is 461 g/mol. The van der Waals surface area contributed by atoms with Crippen LogP contribution in [0.5, 0.6) is 0 Å². The highest BCUT2D eigenvalue weighted by Gasteiger charge is 2.54. The fraction of sp³-hybridized carbons (Fsp3) is 0.346. The van der Waals surface area contributed by atoms with Gasteiger partial charge in [0.1, 0.15) is 11.6 Å². The molecule has 0 amide bonds. The second-order valence-corrected chi connectivity index (χ2v) is 9.52. The molecule has 5 nitrogen and oxygen atoms in total. The molecule has 0 radical (unpaired) electrons. The third-order valence-corrected chi connectivity index (χ3v) is 7.47. The van der Waals surface area contributed by atoms with Crippen LogP contribution < -0.4 is 5.32 Å². The summed E-state index contributed by atoms with van der Waals surface area (Å²) < 4.78 is 13.5. The van der Waals surface area contributed by atoms with E-state index in [0.29, 0.717) is 27.6 Å². The molecule has 1 saturated heterocycles. The van der Waals surface area contributed by atoms with Crippen molar-refractivity contribution >= 4 is 17.4 Å². The third kappa shape index (κ3) is 4.71. The number of nitrogens with zero attached hydrogens (tertiary/aromatic N) is 4. The molecule has 5 rings (SSSR count). The summed E-state index contributed by atoms with van der Waals surface area (Å²) in [6.07, 6.45) is 3.63. The van der Waals surface area contributed by atoms with E-state index in [1.807, 2.05) is 30.3 Å². The molecular formula is C26H25ClFN5. The minimum absolute atomic E-state index is 0.349. The number of likely N-dealkylation sites (tertiary alicyclic amines) is 1. The zero-order valence-corrected chi connectivity index (χ0v) is 19.0. The van der Waals surface area contributed by atoms with Gasteiger partial charge in [-0.3, -0.25) is 4.90 Å². The molecule has 2 fully saturated rings. The summed E-state index contributed by atoms with van der Waals surface area (Å²) in [6.45, 7) is 3.87. The summed E-state index contributed by atoms with van der Waals surface area (Å²) in [5, 5.41) is 21.7. The smallest absolute Gasteiger partial charge is 0.148 e. The van der Waals surface area contributed by atoms with Crippen molar-refractivity contribution in [1.29, 1.82) is 5.26 Å². The lowest BCUT2D eigenvalue weighted by Gasteiger charge is -2.33. The topological polar surface area (TPSA) is 64.8 Å². The van der Waals surface area contributed by atoms with Gasteiger partial charge >= 0.3 is 0 Å². The van der Waals surface area contributed by atoms with E-state index in [1.54, 1.807) is 0 Å². The van der Waals surface area contributed by atoms with E-state index in [2.05, 4.69) is 32.5 Å². The summed E-state index contributed by atoms with van der Waals surface area (Å²) in [4.78, 5) is 2.46. The van der Waals surface area contributed by atoms with E-state index < -0.39 is 0 Å². The number of aromatic nitrogens is 2. The zero-order valence-electron chi connectivity index (χ0n) is 18.3. The average Bonchev–Trinajstić information content (AvgIpc) is 3.53. The molecule has 0 bridgehead atoms. The molecule has 2 heterocycles. The van der Waals surface area contributed by atoms with Crippen LogP contribution in [-0.2, 0) is 6.54 Å². The maximum atomic E-state index is 13.5. The van der Waals surface area contributed by atoms with Crippen LogP contribution in [0, 0.1) is 28.5 Å². The van der Waals surface area contributed by atoms with Gasteiger partial charge in [-0.2, -0.15) is 5.26 Å². The molecule has 1 spiro atoms. The minimum Gasteiger partial charge on any atom is -0.368 e. The van der Waals surface area contributed by atoms with Crippen LogP contribution in [0.4, 0.5) is 10.2 Å². The van der Waals surface area contributed by atoms with Crippen molar-refractivity contribution in [3.8, 4) is 17.3 Å². The van der Waals surface area contributed by atoms with E-state index >= 15 is 0 Å². The first kappa shape index (κ1) is 21.8. The number of hydrogen-bond acceptors (Lipinski definition) is 5. The molecule has 7 heteroatoms. The number of halogens is 2. The van der Waals surface area contributed by atoms with Crippen LogP contribution in [0.1, 0.15) is 30.4 Å². The van der Waals surface area contributed by atoms with Crippen LogP contribution in [0.2, 0.25) is 5.02 Å². The highest BCUT2D eigenvalue weighted by Crippen LogP contribution is 2.59. The summed E-state index contributed by atoms with van der Waals surface area (Å²) in [6, 6.07) is 18.1. The maximum Gasteiger partial charge on any atom is 0.148 e. The van der Waals surface area contributed by atoms with E-state index in [0.717, 1.165) is 43.1 Å². The number of benzene rings is 2. The molecule has 3 aromatic rings. The Morgan fingerprint density at radius 2 is 1.94 bits per heavy atom. The molecule has 1 saturated carbocycles. The largest absolute Gasteiger partial charge is 0.368 e. The van der Waals surface area contributed by atoms with Crippen LogP contribution >= 0.6 is 11.6 Å². The van der Waals surface area contributed by atoms with Crippen molar-refractivity contribution in [2.45, 2.75) is 25.8 Å². The molecule has 1 aliphatic carbocycles. The number of nitrogens with one attached hydrogen (secondary N) is 1. The van der Waals surface area contributed by atoms with E-state index in [9.17, 15) is 9.65 Å². The standard InChI is InChI=1S/C26H25ClFN5/c27-23-6-5-21(28)13-22(23)24-7-8-25(32-31-24)30-16-20-14-26(20)9-11-33(12-10-26)17-19-4-2-1-3-18(19)15-29/h1-8,13,20H,9-12,14,16-17H2,(H,30,32). The highest BCUT2D eigenvalue weighted by molar-refractivity contribution is 6.33. The van der Waals surface area contributed by atoms with E-state index in [1.165, 1.54) is 37.5 Å². The van der Waals surface area contributed by atoms with Gasteiger partial charge in [0.05, 0.1) is 22.3 Å². The molecule has 1 atom stereocenters. The van der Waals surface area contributed by atoms with Crippen molar-refractivity contribution in [3.63, 3.8) is 0 Å².